The Balaban J connectivity index is 2.57. The number of hydrogen-bond donors (Lipinski definition) is 0. The van der Waals surface area contributed by atoms with E-state index in [0.717, 1.165) is 10.8 Å². The molecule has 124 valence electrons. The van der Waals surface area contributed by atoms with Crippen LogP contribution in [-0.4, -0.2) is 17.6 Å². The van der Waals surface area contributed by atoms with Gasteiger partial charge in [-0.2, -0.15) is 8.42 Å². The predicted octanol–water partition coefficient (Wildman–Crippen LogP) is 1.12. The summed E-state index contributed by atoms with van der Waals surface area (Å²) >= 11 is 6.03. The third kappa shape index (κ3) is 3.18. The van der Waals surface area contributed by atoms with Gasteiger partial charge in [-0.05, 0) is 37.1 Å². The van der Waals surface area contributed by atoms with Gasteiger partial charge in [-0.3, -0.25) is 9.36 Å². The van der Waals surface area contributed by atoms with Crippen molar-refractivity contribution in [3.05, 3.63) is 55.3 Å². The summed E-state index contributed by atoms with van der Waals surface area (Å²) in [5.74, 6) is 0.0420. The molecular formula is C14H15ClN2O5S. The molecule has 0 aliphatic heterocycles. The van der Waals surface area contributed by atoms with Gasteiger partial charge in [-0.15, -0.1) is 0 Å². The fraction of sp³-hybridized carbons (Fsp3) is 0.286. The molecule has 2 aromatic rings. The van der Waals surface area contributed by atoms with E-state index < -0.39 is 26.3 Å². The number of aromatic nitrogens is 2. The Hall–Kier alpha value is -2.06. The van der Waals surface area contributed by atoms with Crippen molar-refractivity contribution in [2.75, 3.05) is 0 Å². The van der Waals surface area contributed by atoms with Crippen molar-refractivity contribution in [2.45, 2.75) is 18.7 Å². The van der Waals surface area contributed by atoms with Crippen LogP contribution in [0.15, 0.2) is 32.8 Å². The molecule has 0 amide bonds. The quantitative estimate of drug-likeness (QED) is 0.767. The lowest BCUT2D eigenvalue weighted by atomic mass is 10.1. The predicted molar refractivity (Wildman–Crippen MR) is 85.7 cm³/mol. The molecule has 0 aliphatic carbocycles. The van der Waals surface area contributed by atoms with E-state index >= 15 is 0 Å². The highest BCUT2D eigenvalue weighted by Crippen LogP contribution is 2.27. The Morgan fingerprint density at radius 2 is 1.61 bits per heavy atom. The summed E-state index contributed by atoms with van der Waals surface area (Å²) in [4.78, 5) is 23.0. The van der Waals surface area contributed by atoms with Gasteiger partial charge in [-0.25, -0.2) is 4.79 Å². The van der Waals surface area contributed by atoms with Gasteiger partial charge < -0.3 is 8.75 Å². The fourth-order valence-electron chi connectivity index (χ4n) is 2.07. The maximum Gasteiger partial charge on any atom is 0.346 e. The molecule has 9 heteroatoms. The van der Waals surface area contributed by atoms with E-state index in [9.17, 15) is 18.0 Å². The maximum absolute atomic E-state index is 12.4. The first-order valence-corrected chi connectivity index (χ1v) is 8.31. The summed E-state index contributed by atoms with van der Waals surface area (Å²) in [6, 6.07) is 2.92. The van der Waals surface area contributed by atoms with Gasteiger partial charge >= 0.3 is 15.8 Å². The molecule has 0 radical (unpaired) electrons. The van der Waals surface area contributed by atoms with E-state index in [4.69, 9.17) is 15.8 Å². The lowest BCUT2D eigenvalue weighted by Crippen LogP contribution is -2.39. The normalized spacial score (nSPS) is 11.5. The first-order chi connectivity index (χ1) is 10.5. The zero-order valence-electron chi connectivity index (χ0n) is 13.0. The van der Waals surface area contributed by atoms with Crippen molar-refractivity contribution < 1.29 is 12.6 Å². The van der Waals surface area contributed by atoms with Gasteiger partial charge in [0, 0.05) is 25.3 Å². The number of rotatable bonds is 3. The smallest absolute Gasteiger partial charge is 0.346 e. The Bertz CT molecular complexity index is 982. The minimum atomic E-state index is -4.39. The van der Waals surface area contributed by atoms with E-state index in [2.05, 4.69) is 0 Å². The lowest BCUT2D eigenvalue weighted by Gasteiger charge is -2.11. The molecule has 23 heavy (non-hydrogen) atoms. The number of benzene rings is 1. The van der Waals surface area contributed by atoms with Crippen LogP contribution in [-0.2, 0) is 24.2 Å². The van der Waals surface area contributed by atoms with Crippen LogP contribution in [0.2, 0.25) is 5.02 Å². The highest BCUT2D eigenvalue weighted by Gasteiger charge is 2.24. The highest BCUT2D eigenvalue weighted by atomic mass is 35.5. The largest absolute Gasteiger partial charge is 0.379 e. The minimum Gasteiger partial charge on any atom is -0.379 e. The molecule has 1 aromatic heterocycles. The van der Waals surface area contributed by atoms with E-state index in [-0.39, 0.29) is 5.75 Å². The zero-order chi connectivity index (χ0) is 17.5. The molecule has 0 saturated heterocycles. The van der Waals surface area contributed by atoms with Crippen molar-refractivity contribution in [1.82, 2.24) is 9.13 Å². The van der Waals surface area contributed by atoms with Crippen LogP contribution in [0.5, 0.6) is 5.75 Å². The van der Waals surface area contributed by atoms with Crippen molar-refractivity contribution in [2.24, 2.45) is 14.1 Å². The molecule has 0 saturated carbocycles. The summed E-state index contributed by atoms with van der Waals surface area (Å²) < 4.78 is 31.4. The number of halogens is 1. The van der Waals surface area contributed by atoms with Crippen molar-refractivity contribution in [3.63, 3.8) is 0 Å². The number of aryl methyl sites for hydroxylation is 3. The van der Waals surface area contributed by atoms with Crippen LogP contribution < -0.4 is 15.4 Å². The summed E-state index contributed by atoms with van der Waals surface area (Å²) in [5, 5.41) is 0.507. The van der Waals surface area contributed by atoms with E-state index in [0.29, 0.717) is 20.7 Å². The Kier molecular flexibility index (Phi) is 4.41. The van der Waals surface area contributed by atoms with E-state index in [1.165, 1.54) is 26.2 Å². The summed E-state index contributed by atoms with van der Waals surface area (Å²) in [6.07, 6.45) is 0.940. The Labute approximate surface area is 137 Å². The van der Waals surface area contributed by atoms with Crippen molar-refractivity contribution in [1.29, 1.82) is 0 Å². The standard InChI is InChI=1S/C14H15ClN2O5S/c1-8-5-10(6-9(2)12(8)15)22-23(20,21)11-7-16(3)14(19)17(4)13(11)18/h5-7H,1-4H3. The summed E-state index contributed by atoms with van der Waals surface area (Å²) in [6.45, 7) is 3.42. The number of hydrogen-bond acceptors (Lipinski definition) is 5. The molecule has 0 unspecified atom stereocenters. The fourth-order valence-corrected chi connectivity index (χ4v) is 3.26. The monoisotopic (exact) mass is 358 g/mol. The molecule has 0 aliphatic rings. The van der Waals surface area contributed by atoms with Crippen LogP contribution in [0.3, 0.4) is 0 Å². The molecule has 0 spiro atoms. The molecule has 0 N–H and O–H groups in total. The van der Waals surface area contributed by atoms with E-state index in [1.807, 2.05) is 0 Å². The molecule has 1 heterocycles. The van der Waals surface area contributed by atoms with Crippen LogP contribution in [0.1, 0.15) is 11.1 Å². The molecule has 0 bridgehead atoms. The van der Waals surface area contributed by atoms with Crippen LogP contribution >= 0.6 is 11.6 Å². The van der Waals surface area contributed by atoms with Gasteiger partial charge in [0.25, 0.3) is 5.56 Å². The van der Waals surface area contributed by atoms with Crippen LogP contribution in [0, 0.1) is 13.8 Å². The second-order valence-corrected chi connectivity index (χ2v) is 7.05. The van der Waals surface area contributed by atoms with Crippen LogP contribution in [0.25, 0.3) is 0 Å². The van der Waals surface area contributed by atoms with Crippen molar-refractivity contribution in [3.8, 4) is 5.75 Å². The average Bonchev–Trinajstić information content (AvgIpc) is 2.45. The minimum absolute atomic E-state index is 0.0420. The van der Waals surface area contributed by atoms with Gasteiger partial charge in [0.2, 0.25) is 0 Å². The molecule has 0 fully saturated rings. The third-order valence-corrected chi connectivity index (χ3v) is 5.13. The average molecular weight is 359 g/mol. The van der Waals surface area contributed by atoms with Gasteiger partial charge in [0.1, 0.15) is 5.75 Å². The Morgan fingerprint density at radius 3 is 2.13 bits per heavy atom. The molecule has 7 nitrogen and oxygen atoms in total. The second-order valence-electron chi connectivity index (χ2n) is 5.16. The second kappa shape index (κ2) is 5.86. The molecule has 2 rings (SSSR count). The lowest BCUT2D eigenvalue weighted by molar-refractivity contribution is 0.480. The molecule has 1 aromatic carbocycles. The van der Waals surface area contributed by atoms with Crippen molar-refractivity contribution >= 4 is 21.7 Å². The third-order valence-electron chi connectivity index (χ3n) is 3.30. The van der Waals surface area contributed by atoms with Gasteiger partial charge in [-0.1, -0.05) is 11.6 Å². The maximum atomic E-state index is 12.4. The van der Waals surface area contributed by atoms with Gasteiger partial charge in [0.15, 0.2) is 4.90 Å². The molecule has 0 atom stereocenters. The van der Waals surface area contributed by atoms with Crippen LogP contribution in [0.4, 0.5) is 0 Å². The molecular weight excluding hydrogens is 344 g/mol. The topological polar surface area (TPSA) is 87.4 Å². The Morgan fingerprint density at radius 1 is 1.09 bits per heavy atom. The van der Waals surface area contributed by atoms with Gasteiger partial charge in [0.05, 0.1) is 0 Å². The highest BCUT2D eigenvalue weighted by molar-refractivity contribution is 7.87. The summed E-state index contributed by atoms with van der Waals surface area (Å²) in [7, 11) is -1.85. The number of nitrogens with zero attached hydrogens (tertiary/aromatic N) is 2. The van der Waals surface area contributed by atoms with E-state index in [1.54, 1.807) is 13.8 Å². The summed E-state index contributed by atoms with van der Waals surface area (Å²) in [5.41, 5.74) is -0.293. The first kappa shape index (κ1) is 17.3. The SMILES string of the molecule is Cc1cc(OS(=O)(=O)c2cn(C)c(=O)n(C)c2=O)cc(C)c1Cl. The zero-order valence-corrected chi connectivity index (χ0v) is 14.5. The first-order valence-electron chi connectivity index (χ1n) is 6.52.